The number of benzene rings is 1. The number of rotatable bonds is 3. The molecule has 5 rings (SSSR count). The van der Waals surface area contributed by atoms with Crippen molar-refractivity contribution in [1.29, 1.82) is 0 Å². The third kappa shape index (κ3) is 3.65. The number of amides is 1. The van der Waals surface area contributed by atoms with Crippen molar-refractivity contribution in [1.82, 2.24) is 9.47 Å². The van der Waals surface area contributed by atoms with Crippen LogP contribution >= 0.6 is 0 Å². The van der Waals surface area contributed by atoms with Gasteiger partial charge in [0.2, 0.25) is 0 Å². The number of carbonyl (C=O) groups is 1. The van der Waals surface area contributed by atoms with Crippen molar-refractivity contribution in [2.45, 2.75) is 52.7 Å². The van der Waals surface area contributed by atoms with E-state index < -0.39 is 6.10 Å². The Hall–Kier alpha value is -3.35. The highest BCUT2D eigenvalue weighted by atomic mass is 16.5. The van der Waals surface area contributed by atoms with Crippen molar-refractivity contribution in [3.05, 3.63) is 73.5 Å². The first-order chi connectivity index (χ1) is 15.7. The van der Waals surface area contributed by atoms with E-state index in [1.807, 2.05) is 41.5 Å². The van der Waals surface area contributed by atoms with Gasteiger partial charge >= 0.3 is 5.63 Å². The third-order valence-electron chi connectivity index (χ3n) is 7.10. The molecule has 0 radical (unpaired) electrons. The highest BCUT2D eigenvalue weighted by molar-refractivity contribution is 5.89. The van der Waals surface area contributed by atoms with Crippen LogP contribution in [0.15, 0.2) is 44.3 Å². The Morgan fingerprint density at radius 3 is 2.67 bits per heavy atom. The summed E-state index contributed by atoms with van der Waals surface area (Å²) in [5.74, 6) is 0.884. The molecular weight excluding hydrogens is 420 g/mol. The summed E-state index contributed by atoms with van der Waals surface area (Å²) >= 11 is 0. The second kappa shape index (κ2) is 7.90. The monoisotopic (exact) mass is 448 g/mol. The van der Waals surface area contributed by atoms with E-state index in [1.165, 1.54) is 0 Å². The fourth-order valence-corrected chi connectivity index (χ4v) is 5.36. The number of likely N-dealkylation sites (tertiary alicyclic amines) is 1. The molecule has 0 aliphatic carbocycles. The van der Waals surface area contributed by atoms with Gasteiger partial charge in [-0.25, -0.2) is 4.79 Å². The van der Waals surface area contributed by atoms with Gasteiger partial charge < -0.3 is 18.6 Å². The van der Waals surface area contributed by atoms with E-state index in [1.54, 1.807) is 26.0 Å². The molecule has 1 saturated heterocycles. The lowest BCUT2D eigenvalue weighted by Crippen LogP contribution is -2.52. The molecule has 3 aromatic rings. The van der Waals surface area contributed by atoms with Gasteiger partial charge in [-0.1, -0.05) is 6.07 Å². The van der Waals surface area contributed by atoms with Gasteiger partial charge in [0.05, 0.1) is 5.39 Å². The molecule has 2 aliphatic heterocycles. The molecular formula is C26H28N2O5. The minimum Gasteiger partial charge on any atom is -0.480 e. The average molecular weight is 449 g/mol. The fourth-order valence-electron chi connectivity index (χ4n) is 5.36. The number of aryl methyl sites for hydroxylation is 2. The van der Waals surface area contributed by atoms with Crippen LogP contribution in [0.1, 0.15) is 41.6 Å². The highest BCUT2D eigenvalue weighted by Crippen LogP contribution is 2.36. The summed E-state index contributed by atoms with van der Waals surface area (Å²) < 4.78 is 13.5. The van der Waals surface area contributed by atoms with Crippen molar-refractivity contribution < 1.29 is 13.9 Å². The Kier molecular flexibility index (Phi) is 5.15. The van der Waals surface area contributed by atoms with Crippen LogP contribution in [0.5, 0.6) is 5.75 Å². The number of nitrogens with zero attached hydrogens (tertiary/aromatic N) is 2. The summed E-state index contributed by atoms with van der Waals surface area (Å²) in [5.41, 5.74) is 3.36. The van der Waals surface area contributed by atoms with Crippen molar-refractivity contribution >= 4 is 16.9 Å². The van der Waals surface area contributed by atoms with Crippen LogP contribution in [0.2, 0.25) is 0 Å². The molecule has 0 saturated carbocycles. The summed E-state index contributed by atoms with van der Waals surface area (Å²) in [6.45, 7) is 9.10. The molecule has 7 nitrogen and oxygen atoms in total. The van der Waals surface area contributed by atoms with Crippen LogP contribution in [0.4, 0.5) is 0 Å². The average Bonchev–Trinajstić information content (AvgIpc) is 2.77. The maximum atomic E-state index is 13.4. The van der Waals surface area contributed by atoms with E-state index >= 15 is 0 Å². The number of fused-ring (bicyclic) bond motifs is 5. The number of hydrogen-bond donors (Lipinski definition) is 0. The number of hydrogen-bond acceptors (Lipinski definition) is 5. The van der Waals surface area contributed by atoms with Gasteiger partial charge in [-0.15, -0.1) is 0 Å². The lowest BCUT2D eigenvalue weighted by atomic mass is 9.83. The maximum absolute atomic E-state index is 13.4. The van der Waals surface area contributed by atoms with E-state index in [0.717, 1.165) is 28.6 Å². The predicted octanol–water partition coefficient (Wildman–Crippen LogP) is 3.29. The first-order valence-corrected chi connectivity index (χ1v) is 11.4. The van der Waals surface area contributed by atoms with Crippen LogP contribution in [-0.2, 0) is 11.3 Å². The van der Waals surface area contributed by atoms with Crippen molar-refractivity contribution in [2.24, 2.45) is 5.92 Å². The Balaban J connectivity index is 1.42. The van der Waals surface area contributed by atoms with Gasteiger partial charge in [-0.05, 0) is 69.4 Å². The SMILES string of the molecule is Cc1cc(O[C@H](C)C(=O)N2C[C@@H]3C[C@H](C2)c2cccc(=O)n2C3)c2c(C)c(C)c(=O)oc2c1. The maximum Gasteiger partial charge on any atom is 0.339 e. The quantitative estimate of drug-likeness (QED) is 0.575. The van der Waals surface area contributed by atoms with E-state index in [0.29, 0.717) is 36.5 Å². The van der Waals surface area contributed by atoms with E-state index in [2.05, 4.69) is 0 Å². The Labute approximate surface area is 191 Å². The largest absolute Gasteiger partial charge is 0.480 e. The molecule has 2 aliphatic rings. The van der Waals surface area contributed by atoms with E-state index in [-0.39, 0.29) is 28.9 Å². The summed E-state index contributed by atoms with van der Waals surface area (Å²) in [6, 6.07) is 9.09. The summed E-state index contributed by atoms with van der Waals surface area (Å²) in [5, 5.41) is 0.723. The molecule has 7 heteroatoms. The van der Waals surface area contributed by atoms with Gasteiger partial charge in [0.1, 0.15) is 11.3 Å². The van der Waals surface area contributed by atoms with Gasteiger partial charge in [0, 0.05) is 42.9 Å². The molecule has 2 aromatic heterocycles. The molecule has 1 aromatic carbocycles. The molecule has 4 heterocycles. The van der Waals surface area contributed by atoms with Crippen LogP contribution in [0.25, 0.3) is 11.0 Å². The van der Waals surface area contributed by atoms with Crippen LogP contribution in [-0.4, -0.2) is 34.6 Å². The molecule has 33 heavy (non-hydrogen) atoms. The minimum atomic E-state index is -0.696. The van der Waals surface area contributed by atoms with Gasteiger partial charge in [0.25, 0.3) is 11.5 Å². The second-order valence-corrected chi connectivity index (χ2v) is 9.48. The van der Waals surface area contributed by atoms with Crippen molar-refractivity contribution in [3.63, 3.8) is 0 Å². The second-order valence-electron chi connectivity index (χ2n) is 9.48. The van der Waals surface area contributed by atoms with Crippen molar-refractivity contribution in [3.8, 4) is 5.75 Å². The van der Waals surface area contributed by atoms with Gasteiger partial charge in [-0.3, -0.25) is 9.59 Å². The van der Waals surface area contributed by atoms with Crippen LogP contribution in [0.3, 0.4) is 0 Å². The van der Waals surface area contributed by atoms with E-state index in [9.17, 15) is 14.4 Å². The van der Waals surface area contributed by atoms with Gasteiger partial charge in [0.15, 0.2) is 6.10 Å². The Bertz CT molecular complexity index is 1390. The number of piperidine rings is 1. The molecule has 0 spiro atoms. The zero-order chi connectivity index (χ0) is 23.4. The molecule has 2 bridgehead atoms. The van der Waals surface area contributed by atoms with Gasteiger partial charge in [-0.2, -0.15) is 0 Å². The standard InChI is InChI=1S/C26H28N2O5/c1-14-8-21(24-15(2)16(3)26(31)33-22(24)9-14)32-17(4)25(30)27-11-18-10-19(13-27)20-6-5-7-23(29)28(20)12-18/h5-9,17-19H,10-13H2,1-4H3/t17-,18+,19-/m1/s1. The molecule has 1 amide bonds. The Morgan fingerprint density at radius 2 is 1.88 bits per heavy atom. The minimum absolute atomic E-state index is 0.0299. The molecule has 1 fully saturated rings. The van der Waals surface area contributed by atoms with Crippen molar-refractivity contribution in [2.75, 3.05) is 13.1 Å². The fraction of sp³-hybridized carbons (Fsp3) is 0.423. The first-order valence-electron chi connectivity index (χ1n) is 11.4. The van der Waals surface area contributed by atoms with Crippen LogP contribution in [0, 0.1) is 26.7 Å². The topological polar surface area (TPSA) is 81.8 Å². The summed E-state index contributed by atoms with van der Waals surface area (Å²) in [4.78, 5) is 39.7. The number of pyridine rings is 1. The third-order valence-corrected chi connectivity index (χ3v) is 7.10. The molecule has 3 atom stereocenters. The first kappa shape index (κ1) is 21.5. The number of ether oxygens (including phenoxy) is 1. The van der Waals surface area contributed by atoms with Crippen LogP contribution < -0.4 is 15.9 Å². The normalized spacial score (nSPS) is 20.4. The zero-order valence-corrected chi connectivity index (χ0v) is 19.4. The molecule has 0 N–H and O–H groups in total. The molecule has 0 unspecified atom stereocenters. The number of carbonyl (C=O) groups excluding carboxylic acids is 1. The predicted molar refractivity (Wildman–Crippen MR) is 125 cm³/mol. The Morgan fingerprint density at radius 1 is 1.09 bits per heavy atom. The highest BCUT2D eigenvalue weighted by Gasteiger charge is 2.37. The zero-order valence-electron chi connectivity index (χ0n) is 19.4. The number of aromatic nitrogens is 1. The lowest BCUT2D eigenvalue weighted by molar-refractivity contribution is -0.140. The smallest absolute Gasteiger partial charge is 0.339 e. The summed E-state index contributed by atoms with van der Waals surface area (Å²) in [6.07, 6.45) is 0.293. The lowest BCUT2D eigenvalue weighted by Gasteiger charge is -2.43. The van der Waals surface area contributed by atoms with E-state index in [4.69, 9.17) is 9.15 Å². The summed E-state index contributed by atoms with van der Waals surface area (Å²) in [7, 11) is 0. The molecule has 172 valence electrons.